The summed E-state index contributed by atoms with van der Waals surface area (Å²) in [4.78, 5) is 26.2. The number of hydrogen-bond donors (Lipinski definition) is 2. The van der Waals surface area contributed by atoms with E-state index in [1.165, 1.54) is 10.6 Å². The number of benzene rings is 2. The van der Waals surface area contributed by atoms with Crippen molar-refractivity contribution in [3.63, 3.8) is 0 Å². The van der Waals surface area contributed by atoms with Crippen molar-refractivity contribution < 1.29 is 4.39 Å². The maximum absolute atomic E-state index is 14.7. The van der Waals surface area contributed by atoms with Gasteiger partial charge in [-0.1, -0.05) is 30.0 Å². The lowest BCUT2D eigenvalue weighted by atomic mass is 10.1. The van der Waals surface area contributed by atoms with Crippen LogP contribution in [0, 0.1) is 12.7 Å². The molecule has 5 aromatic rings. The first-order valence-electron chi connectivity index (χ1n) is 12.3. The molecule has 0 aliphatic rings. The first-order chi connectivity index (χ1) is 18.4. The van der Waals surface area contributed by atoms with Gasteiger partial charge in [-0.3, -0.25) is 4.79 Å². The van der Waals surface area contributed by atoms with E-state index in [0.29, 0.717) is 22.1 Å². The van der Waals surface area contributed by atoms with E-state index in [-0.39, 0.29) is 6.54 Å². The number of nitrogen functional groups attached to an aromatic ring is 1. The highest BCUT2D eigenvalue weighted by Gasteiger charge is 2.13. The molecule has 0 aliphatic carbocycles. The maximum atomic E-state index is 14.7. The summed E-state index contributed by atoms with van der Waals surface area (Å²) in [6.07, 6.45) is 4.42. The van der Waals surface area contributed by atoms with Gasteiger partial charge in [0.2, 0.25) is 0 Å². The lowest BCUT2D eigenvalue weighted by Gasteiger charge is -2.12. The summed E-state index contributed by atoms with van der Waals surface area (Å²) in [6.45, 7) is 2.92. The predicted octanol–water partition coefficient (Wildman–Crippen LogP) is 4.96. The van der Waals surface area contributed by atoms with Crippen molar-refractivity contribution in [2.45, 2.75) is 31.6 Å². The highest BCUT2D eigenvalue weighted by atomic mass is 32.2. The van der Waals surface area contributed by atoms with Gasteiger partial charge < -0.3 is 20.2 Å². The van der Waals surface area contributed by atoms with E-state index >= 15 is 0 Å². The van der Waals surface area contributed by atoms with Crippen LogP contribution >= 0.6 is 11.8 Å². The Hall–Kier alpha value is -4.18. The number of thioether (sulfide) groups is 1. The zero-order chi connectivity index (χ0) is 26.6. The average molecular weight is 530 g/mol. The predicted molar refractivity (Wildman–Crippen MR) is 151 cm³/mol. The molecule has 0 unspecified atom stereocenters. The van der Waals surface area contributed by atoms with Crippen molar-refractivity contribution in [3.05, 3.63) is 94.5 Å². The Morgan fingerprint density at radius 1 is 1.08 bits per heavy atom. The zero-order valence-electron chi connectivity index (χ0n) is 21.2. The van der Waals surface area contributed by atoms with Crippen molar-refractivity contribution in [2.75, 3.05) is 23.9 Å². The van der Waals surface area contributed by atoms with Crippen LogP contribution in [0.2, 0.25) is 0 Å². The minimum absolute atomic E-state index is 0.202. The molecule has 2 aromatic carbocycles. The number of aryl methyl sites for hydroxylation is 2. The lowest BCUT2D eigenvalue weighted by Crippen LogP contribution is -2.23. The Bertz CT molecular complexity index is 1660. The molecule has 0 radical (unpaired) electrons. The number of pyridine rings is 1. The quantitative estimate of drug-likeness (QED) is 0.120. The van der Waals surface area contributed by atoms with E-state index in [1.807, 2.05) is 43.6 Å². The molecular formula is C28H28FN7OS. The van der Waals surface area contributed by atoms with E-state index in [1.54, 1.807) is 37.1 Å². The summed E-state index contributed by atoms with van der Waals surface area (Å²) in [6, 6.07) is 16.5. The van der Waals surface area contributed by atoms with Crippen molar-refractivity contribution in [3.8, 4) is 11.3 Å². The molecule has 5 rings (SSSR count). The number of fused-ring (bicyclic) bond motifs is 1. The molecule has 0 aliphatic heterocycles. The molecule has 38 heavy (non-hydrogen) atoms. The smallest absolute Gasteiger partial charge is 0.286 e. The van der Waals surface area contributed by atoms with Gasteiger partial charge in [-0.05, 0) is 55.3 Å². The molecule has 8 nitrogen and oxygen atoms in total. The van der Waals surface area contributed by atoms with Crippen LogP contribution in [-0.2, 0) is 13.1 Å². The Morgan fingerprint density at radius 2 is 1.92 bits per heavy atom. The molecule has 194 valence electrons. The van der Waals surface area contributed by atoms with Gasteiger partial charge in [0.05, 0.1) is 41.0 Å². The summed E-state index contributed by atoms with van der Waals surface area (Å²) in [5.74, 6) is -0.0152. The molecule has 0 amide bonds. The molecule has 3 aromatic heterocycles. The fourth-order valence-corrected chi connectivity index (χ4v) is 5.14. The number of hydrogen-bond acceptors (Lipinski definition) is 7. The SMILES string of the molecule is CNc1cc(Cn2cc(-c3cc(C)nc(SCCCn4cnc5ccccc54)n3)cc(F)c2=O)ccc1N. The molecule has 0 bridgehead atoms. The average Bonchev–Trinajstić information content (AvgIpc) is 3.33. The number of nitrogens with zero attached hydrogens (tertiary/aromatic N) is 5. The molecular weight excluding hydrogens is 501 g/mol. The third-order valence-electron chi connectivity index (χ3n) is 6.21. The fraction of sp³-hybridized carbons (Fsp3) is 0.214. The van der Waals surface area contributed by atoms with Gasteiger partial charge in [0, 0.05) is 36.8 Å². The van der Waals surface area contributed by atoms with E-state index in [0.717, 1.165) is 46.7 Å². The van der Waals surface area contributed by atoms with Crippen LogP contribution < -0.4 is 16.6 Å². The van der Waals surface area contributed by atoms with Crippen LogP contribution in [0.25, 0.3) is 22.3 Å². The van der Waals surface area contributed by atoms with Gasteiger partial charge in [-0.15, -0.1) is 0 Å². The standard InChI is InChI=1S/C28H28FN7OS/c1-18-12-24(34-28(33-18)38-11-5-10-35-17-32-23-6-3-4-7-26(23)35)20-14-21(29)27(37)36(16-20)15-19-8-9-22(30)25(13-19)31-2/h3-4,6-9,12-14,16-17,31H,5,10-11,15,30H2,1-2H3. The Kier molecular flexibility index (Phi) is 7.41. The van der Waals surface area contributed by atoms with Gasteiger partial charge in [0.15, 0.2) is 11.0 Å². The molecule has 0 atom stereocenters. The molecule has 10 heteroatoms. The van der Waals surface area contributed by atoms with E-state index in [4.69, 9.17) is 5.73 Å². The third-order valence-corrected chi connectivity index (χ3v) is 7.15. The zero-order valence-corrected chi connectivity index (χ0v) is 22.0. The second-order valence-electron chi connectivity index (χ2n) is 8.99. The second kappa shape index (κ2) is 11.1. The lowest BCUT2D eigenvalue weighted by molar-refractivity contribution is 0.581. The Morgan fingerprint density at radius 3 is 2.76 bits per heavy atom. The van der Waals surface area contributed by atoms with Crippen LogP contribution in [0.15, 0.2) is 77.1 Å². The van der Waals surface area contributed by atoms with Crippen LogP contribution in [0.5, 0.6) is 0 Å². The normalized spacial score (nSPS) is 11.2. The van der Waals surface area contributed by atoms with Crippen LogP contribution in [0.4, 0.5) is 15.8 Å². The number of aromatic nitrogens is 5. The van der Waals surface area contributed by atoms with Gasteiger partial charge in [0.25, 0.3) is 5.56 Å². The maximum Gasteiger partial charge on any atom is 0.286 e. The second-order valence-corrected chi connectivity index (χ2v) is 10.0. The number of nitrogens with two attached hydrogens (primary N) is 1. The summed E-state index contributed by atoms with van der Waals surface area (Å²) in [7, 11) is 1.77. The number of halogens is 1. The summed E-state index contributed by atoms with van der Waals surface area (Å²) in [5.41, 5.74) is 11.4. The topological polar surface area (TPSA) is 104 Å². The van der Waals surface area contributed by atoms with Crippen LogP contribution in [-0.4, -0.2) is 36.9 Å². The van der Waals surface area contributed by atoms with Crippen LogP contribution in [0.1, 0.15) is 17.7 Å². The highest BCUT2D eigenvalue weighted by molar-refractivity contribution is 7.99. The molecule has 0 saturated heterocycles. The van der Waals surface area contributed by atoms with Gasteiger partial charge >= 0.3 is 0 Å². The van der Waals surface area contributed by atoms with Crippen molar-refractivity contribution in [1.82, 2.24) is 24.1 Å². The molecule has 0 spiro atoms. The number of imidazole rings is 1. The summed E-state index contributed by atoms with van der Waals surface area (Å²) < 4.78 is 18.2. The molecule has 3 N–H and O–H groups in total. The first kappa shape index (κ1) is 25.5. The third kappa shape index (κ3) is 5.55. The fourth-order valence-electron chi connectivity index (χ4n) is 4.31. The first-order valence-corrected chi connectivity index (χ1v) is 13.2. The highest BCUT2D eigenvalue weighted by Crippen LogP contribution is 2.24. The monoisotopic (exact) mass is 529 g/mol. The largest absolute Gasteiger partial charge is 0.397 e. The Labute approximate surface area is 223 Å². The van der Waals surface area contributed by atoms with Crippen LogP contribution in [0.3, 0.4) is 0 Å². The van der Waals surface area contributed by atoms with Gasteiger partial charge in [-0.2, -0.15) is 0 Å². The van der Waals surface area contributed by atoms with Crippen molar-refractivity contribution >= 4 is 34.2 Å². The van der Waals surface area contributed by atoms with Crippen molar-refractivity contribution in [1.29, 1.82) is 0 Å². The minimum atomic E-state index is -0.829. The number of para-hydroxylation sites is 2. The van der Waals surface area contributed by atoms with E-state index in [9.17, 15) is 9.18 Å². The summed E-state index contributed by atoms with van der Waals surface area (Å²) >= 11 is 1.55. The van der Waals surface area contributed by atoms with Crippen molar-refractivity contribution in [2.24, 2.45) is 0 Å². The van der Waals surface area contributed by atoms with E-state index in [2.05, 4.69) is 30.9 Å². The number of anilines is 2. The van der Waals surface area contributed by atoms with Gasteiger partial charge in [0.1, 0.15) is 0 Å². The molecule has 3 heterocycles. The van der Waals surface area contributed by atoms with E-state index < -0.39 is 11.4 Å². The number of rotatable bonds is 9. The number of nitrogens with one attached hydrogen (secondary N) is 1. The van der Waals surface area contributed by atoms with Gasteiger partial charge in [-0.25, -0.2) is 19.3 Å². The molecule has 0 saturated carbocycles. The Balaban J connectivity index is 1.32. The molecule has 0 fully saturated rings. The minimum Gasteiger partial charge on any atom is -0.397 e. The summed E-state index contributed by atoms with van der Waals surface area (Å²) in [5, 5.41) is 3.64.